The van der Waals surface area contributed by atoms with E-state index >= 15 is 0 Å². The fourth-order valence-electron chi connectivity index (χ4n) is 2.86. The van der Waals surface area contributed by atoms with Crippen LogP contribution >= 0.6 is 0 Å². The highest BCUT2D eigenvalue weighted by atomic mass is 19.4. The number of carbonyl (C=O) groups is 1. The van der Waals surface area contributed by atoms with Gasteiger partial charge in [-0.05, 0) is 35.9 Å². The molecule has 0 atom stereocenters. The van der Waals surface area contributed by atoms with Crippen molar-refractivity contribution >= 4 is 17.2 Å². The summed E-state index contributed by atoms with van der Waals surface area (Å²) in [5.41, 5.74) is 2.01. The third-order valence-corrected chi connectivity index (χ3v) is 4.45. The number of rotatable bonds is 5. The lowest BCUT2D eigenvalue weighted by Crippen LogP contribution is -2.13. The normalized spacial score (nSPS) is 11.0. The van der Waals surface area contributed by atoms with E-state index in [1.54, 1.807) is 60.5 Å². The molecule has 6 heteroatoms. The van der Waals surface area contributed by atoms with Crippen molar-refractivity contribution in [3.8, 4) is 12.3 Å². The highest BCUT2D eigenvalue weighted by molar-refractivity contribution is 5.98. The number of Topliss-reactive ketones (excluding diaryl/α,β-unsaturated/α-hetero) is 1. The van der Waals surface area contributed by atoms with E-state index in [9.17, 15) is 18.0 Å². The molecule has 0 N–H and O–H groups in total. The van der Waals surface area contributed by atoms with Crippen molar-refractivity contribution in [1.29, 1.82) is 0 Å². The molecule has 0 bridgehead atoms. The number of pyridine rings is 1. The summed E-state index contributed by atoms with van der Waals surface area (Å²) in [5, 5.41) is 0. The van der Waals surface area contributed by atoms with Gasteiger partial charge in [0.2, 0.25) is 0 Å². The molecule has 2 aromatic carbocycles. The maximum absolute atomic E-state index is 12.9. The van der Waals surface area contributed by atoms with E-state index in [4.69, 9.17) is 6.42 Å². The molecular weight excluding hydrogens is 377 g/mol. The molecule has 0 aliphatic rings. The average molecular weight is 394 g/mol. The maximum atomic E-state index is 12.9. The van der Waals surface area contributed by atoms with Gasteiger partial charge in [-0.25, -0.2) is 0 Å². The molecule has 3 nitrogen and oxygen atoms in total. The predicted molar refractivity (Wildman–Crippen MR) is 106 cm³/mol. The van der Waals surface area contributed by atoms with Gasteiger partial charge in [-0.2, -0.15) is 13.2 Å². The number of halogens is 3. The summed E-state index contributed by atoms with van der Waals surface area (Å²) in [7, 11) is 1.65. The Kier molecular flexibility index (Phi) is 5.69. The Morgan fingerprint density at radius 2 is 1.83 bits per heavy atom. The van der Waals surface area contributed by atoms with Gasteiger partial charge in [0.05, 0.1) is 17.4 Å². The molecule has 0 saturated heterocycles. The van der Waals surface area contributed by atoms with Gasteiger partial charge in [-0.1, -0.05) is 30.2 Å². The van der Waals surface area contributed by atoms with Crippen LogP contribution in [-0.4, -0.2) is 17.8 Å². The zero-order valence-electron chi connectivity index (χ0n) is 15.6. The molecule has 0 aliphatic heterocycles. The molecular formula is C23H17F3N2O. The number of benzene rings is 2. The average Bonchev–Trinajstić information content (AvgIpc) is 2.73. The number of carbonyl (C=O) groups excluding carboxylic acids is 1. The second-order valence-electron chi connectivity index (χ2n) is 6.48. The van der Waals surface area contributed by atoms with Gasteiger partial charge < -0.3 is 4.90 Å². The molecule has 3 aromatic rings. The minimum absolute atomic E-state index is 0.0948. The molecule has 0 fully saturated rings. The van der Waals surface area contributed by atoms with Gasteiger partial charge in [0.25, 0.3) is 0 Å². The number of hydrogen-bond acceptors (Lipinski definition) is 3. The van der Waals surface area contributed by atoms with Gasteiger partial charge in [0, 0.05) is 36.5 Å². The SMILES string of the molecule is C#Cc1cccc(C(=O)Cc2cccc(N(C)c3cncc(C(F)(F)F)c3)c2)c1. The minimum atomic E-state index is -4.47. The van der Waals surface area contributed by atoms with Crippen molar-refractivity contribution in [3.05, 3.63) is 89.2 Å². The van der Waals surface area contributed by atoms with Crippen LogP contribution in [0.3, 0.4) is 0 Å². The molecule has 146 valence electrons. The summed E-state index contributed by atoms with van der Waals surface area (Å²) in [5.74, 6) is 2.40. The fraction of sp³-hybridized carbons (Fsp3) is 0.130. The quantitative estimate of drug-likeness (QED) is 0.436. The van der Waals surface area contributed by atoms with Gasteiger partial charge in [0.1, 0.15) is 0 Å². The maximum Gasteiger partial charge on any atom is 0.417 e. The third kappa shape index (κ3) is 4.82. The first-order valence-electron chi connectivity index (χ1n) is 8.73. The summed E-state index contributed by atoms with van der Waals surface area (Å²) in [6, 6.07) is 15.0. The number of ketones is 1. The summed E-state index contributed by atoms with van der Waals surface area (Å²) < 4.78 is 38.8. The number of hydrogen-bond donors (Lipinski definition) is 0. The summed E-state index contributed by atoms with van der Waals surface area (Å²) in [4.78, 5) is 17.9. The van der Waals surface area contributed by atoms with Gasteiger partial charge >= 0.3 is 6.18 Å². The standard InChI is InChI=1S/C23H17F3N2O/c1-3-16-6-4-8-18(10-16)22(29)12-17-7-5-9-20(11-17)28(2)21-13-19(14-27-15-21)23(24,25)26/h1,4-11,13-15H,12H2,2H3. The molecule has 1 heterocycles. The molecule has 0 radical (unpaired) electrons. The largest absolute Gasteiger partial charge is 0.417 e. The van der Waals surface area contributed by atoms with Crippen LogP contribution in [0.4, 0.5) is 24.5 Å². The van der Waals surface area contributed by atoms with E-state index in [-0.39, 0.29) is 12.2 Å². The van der Waals surface area contributed by atoms with Crippen molar-refractivity contribution in [1.82, 2.24) is 4.98 Å². The van der Waals surface area contributed by atoms with Crippen LogP contribution in [0.5, 0.6) is 0 Å². The van der Waals surface area contributed by atoms with Crippen molar-refractivity contribution in [3.63, 3.8) is 0 Å². The minimum Gasteiger partial charge on any atom is -0.343 e. The van der Waals surface area contributed by atoms with E-state index in [0.717, 1.165) is 17.8 Å². The van der Waals surface area contributed by atoms with Gasteiger partial charge in [0.15, 0.2) is 5.78 Å². The van der Waals surface area contributed by atoms with Crippen molar-refractivity contribution in [2.75, 3.05) is 11.9 Å². The van der Waals surface area contributed by atoms with E-state index in [0.29, 0.717) is 22.5 Å². The van der Waals surface area contributed by atoms with E-state index in [1.807, 2.05) is 0 Å². The monoisotopic (exact) mass is 394 g/mol. The summed E-state index contributed by atoms with van der Waals surface area (Å²) in [6.07, 6.45) is 3.21. The number of aromatic nitrogens is 1. The number of alkyl halides is 3. The van der Waals surface area contributed by atoms with Crippen LogP contribution in [-0.2, 0) is 12.6 Å². The first kappa shape index (κ1) is 20.2. The second-order valence-corrected chi connectivity index (χ2v) is 6.48. The molecule has 3 rings (SSSR count). The van der Waals surface area contributed by atoms with Crippen LogP contribution in [0.1, 0.15) is 27.0 Å². The topological polar surface area (TPSA) is 33.2 Å². The predicted octanol–water partition coefficient (Wildman–Crippen LogP) is 5.28. The first-order valence-corrected chi connectivity index (χ1v) is 8.73. The van der Waals surface area contributed by atoms with Crippen LogP contribution in [0.25, 0.3) is 0 Å². The smallest absolute Gasteiger partial charge is 0.343 e. The number of nitrogens with zero attached hydrogens (tertiary/aromatic N) is 2. The van der Waals surface area contributed by atoms with Crippen LogP contribution in [0.2, 0.25) is 0 Å². The second kappa shape index (κ2) is 8.19. The third-order valence-electron chi connectivity index (χ3n) is 4.45. The van der Waals surface area contributed by atoms with E-state index in [1.165, 1.54) is 6.20 Å². The zero-order valence-corrected chi connectivity index (χ0v) is 15.6. The van der Waals surface area contributed by atoms with Crippen molar-refractivity contribution < 1.29 is 18.0 Å². The molecule has 0 spiro atoms. The Morgan fingerprint density at radius 3 is 2.55 bits per heavy atom. The highest BCUT2D eigenvalue weighted by Gasteiger charge is 2.31. The highest BCUT2D eigenvalue weighted by Crippen LogP contribution is 2.32. The molecule has 29 heavy (non-hydrogen) atoms. The van der Waals surface area contributed by atoms with Crippen molar-refractivity contribution in [2.45, 2.75) is 12.6 Å². The lowest BCUT2D eigenvalue weighted by Gasteiger charge is -2.21. The Labute approximate surface area is 166 Å². The molecule has 1 aromatic heterocycles. The van der Waals surface area contributed by atoms with Gasteiger partial charge in [-0.15, -0.1) is 6.42 Å². The van der Waals surface area contributed by atoms with Crippen LogP contribution in [0, 0.1) is 12.3 Å². The van der Waals surface area contributed by atoms with Crippen molar-refractivity contribution in [2.24, 2.45) is 0 Å². The number of anilines is 2. The van der Waals surface area contributed by atoms with E-state index < -0.39 is 11.7 Å². The van der Waals surface area contributed by atoms with Gasteiger partial charge in [-0.3, -0.25) is 9.78 Å². The Morgan fingerprint density at radius 1 is 1.07 bits per heavy atom. The Bertz CT molecular complexity index is 1080. The Balaban J connectivity index is 1.82. The summed E-state index contributed by atoms with van der Waals surface area (Å²) in [6.45, 7) is 0. The fourth-order valence-corrected chi connectivity index (χ4v) is 2.86. The zero-order chi connectivity index (χ0) is 21.0. The first-order chi connectivity index (χ1) is 13.8. The lowest BCUT2D eigenvalue weighted by molar-refractivity contribution is -0.137. The Hall–Kier alpha value is -3.59. The van der Waals surface area contributed by atoms with Crippen LogP contribution < -0.4 is 4.90 Å². The molecule has 0 saturated carbocycles. The molecule has 0 unspecified atom stereocenters. The van der Waals surface area contributed by atoms with E-state index in [2.05, 4.69) is 10.9 Å². The molecule has 0 aliphatic carbocycles. The summed E-state index contributed by atoms with van der Waals surface area (Å²) >= 11 is 0. The van der Waals surface area contributed by atoms with Crippen LogP contribution in [0.15, 0.2) is 67.0 Å². The lowest BCUT2D eigenvalue weighted by atomic mass is 10.0. The molecule has 0 amide bonds. The number of terminal acetylenes is 1.